The van der Waals surface area contributed by atoms with Gasteiger partial charge in [0.25, 0.3) is 0 Å². The molecule has 0 aliphatic carbocycles. The molecule has 5 rings (SSSR count). The minimum atomic E-state index is 0.300. The second-order valence-corrected chi connectivity index (χ2v) is 7.61. The highest BCUT2D eigenvalue weighted by molar-refractivity contribution is 5.77. The van der Waals surface area contributed by atoms with Gasteiger partial charge in [0.15, 0.2) is 0 Å². The van der Waals surface area contributed by atoms with Gasteiger partial charge in [-0.3, -0.25) is 9.69 Å². The van der Waals surface area contributed by atoms with Crippen LogP contribution in [0, 0.1) is 5.92 Å². The number of nitrogens with zero attached hydrogens (tertiary/aromatic N) is 2. The lowest BCUT2D eigenvalue weighted by atomic mass is 9.75. The van der Waals surface area contributed by atoms with Gasteiger partial charge in [0.05, 0.1) is 13.2 Å². The van der Waals surface area contributed by atoms with Crippen molar-refractivity contribution in [1.82, 2.24) is 9.80 Å². The standard InChI is InChI=1S/C21H28N2O2/c1-3-4-8-19(24)23-14-18(16-6-5-7-17(13-16)25-2)21-20(23)15-9-11-22(21)12-10-15/h3,5-7,13,15,18,20-21H,1,4,8-12,14H2,2H3/t18-,20-,21-/m1/s1. The largest absolute Gasteiger partial charge is 0.497 e. The maximum absolute atomic E-state index is 12.9. The summed E-state index contributed by atoms with van der Waals surface area (Å²) in [4.78, 5) is 17.7. The smallest absolute Gasteiger partial charge is 0.223 e. The van der Waals surface area contributed by atoms with Crippen LogP contribution in [0.15, 0.2) is 36.9 Å². The van der Waals surface area contributed by atoms with Crippen molar-refractivity contribution in [3.63, 3.8) is 0 Å². The number of carbonyl (C=O) groups excluding carboxylic acids is 1. The molecule has 0 N–H and O–H groups in total. The first-order chi connectivity index (χ1) is 12.2. The molecule has 4 heterocycles. The number of rotatable bonds is 5. The molecule has 4 fully saturated rings. The van der Waals surface area contributed by atoms with Crippen LogP contribution in [-0.2, 0) is 4.79 Å². The Kier molecular flexibility index (Phi) is 4.55. The molecule has 1 amide bonds. The molecule has 1 aromatic carbocycles. The summed E-state index contributed by atoms with van der Waals surface area (Å²) in [5.74, 6) is 2.25. The number of fused-ring (bicyclic) bond motifs is 2. The van der Waals surface area contributed by atoms with E-state index < -0.39 is 0 Å². The number of amides is 1. The zero-order chi connectivity index (χ0) is 17.4. The summed E-state index contributed by atoms with van der Waals surface area (Å²) in [6.45, 7) is 6.97. The minimum absolute atomic E-state index is 0.300. The van der Waals surface area contributed by atoms with Gasteiger partial charge >= 0.3 is 0 Å². The molecule has 4 aliphatic rings. The summed E-state index contributed by atoms with van der Waals surface area (Å²) in [7, 11) is 1.72. The van der Waals surface area contributed by atoms with Crippen LogP contribution in [0.1, 0.15) is 37.2 Å². The maximum atomic E-state index is 12.9. The van der Waals surface area contributed by atoms with E-state index in [-0.39, 0.29) is 0 Å². The SMILES string of the molecule is C=CCCC(=O)N1C[C@H](c2cccc(OC)c2)[C@@H]2[C@H]1C1CCN2CC1. The summed E-state index contributed by atoms with van der Waals surface area (Å²) in [6, 6.07) is 9.27. The number of benzene rings is 1. The highest BCUT2D eigenvalue weighted by Crippen LogP contribution is 2.47. The first-order valence-electron chi connectivity index (χ1n) is 9.51. The topological polar surface area (TPSA) is 32.8 Å². The van der Waals surface area contributed by atoms with Gasteiger partial charge in [-0.05, 0) is 56.0 Å². The number of methoxy groups -OCH3 is 1. The first-order valence-corrected chi connectivity index (χ1v) is 9.51. The number of likely N-dealkylation sites (tertiary alicyclic amines) is 1. The van der Waals surface area contributed by atoms with E-state index in [0.717, 1.165) is 18.7 Å². The maximum Gasteiger partial charge on any atom is 0.223 e. The molecule has 0 saturated carbocycles. The molecular weight excluding hydrogens is 312 g/mol. The van der Waals surface area contributed by atoms with Crippen LogP contribution in [0.2, 0.25) is 0 Å². The fraction of sp³-hybridized carbons (Fsp3) is 0.571. The van der Waals surface area contributed by atoms with Crippen LogP contribution in [0.3, 0.4) is 0 Å². The Morgan fingerprint density at radius 3 is 2.84 bits per heavy atom. The third-order valence-corrected chi connectivity index (χ3v) is 6.40. The summed E-state index contributed by atoms with van der Waals surface area (Å²) in [6.07, 6.45) is 5.67. The zero-order valence-corrected chi connectivity index (χ0v) is 15.1. The van der Waals surface area contributed by atoms with Gasteiger partial charge in [0, 0.05) is 24.9 Å². The lowest BCUT2D eigenvalue weighted by Gasteiger charge is -2.51. The van der Waals surface area contributed by atoms with E-state index in [1.807, 2.05) is 12.1 Å². The number of allylic oxidation sites excluding steroid dienone is 1. The van der Waals surface area contributed by atoms with Gasteiger partial charge in [-0.25, -0.2) is 0 Å². The molecule has 4 heteroatoms. The summed E-state index contributed by atoms with van der Waals surface area (Å²) in [5.41, 5.74) is 1.31. The number of carbonyl (C=O) groups is 1. The molecule has 4 nitrogen and oxygen atoms in total. The van der Waals surface area contributed by atoms with Crippen molar-refractivity contribution in [2.75, 3.05) is 26.7 Å². The summed E-state index contributed by atoms with van der Waals surface area (Å²) >= 11 is 0. The fourth-order valence-electron chi connectivity index (χ4n) is 5.24. The number of ether oxygens (including phenoxy) is 1. The molecule has 2 bridgehead atoms. The van der Waals surface area contributed by atoms with Crippen molar-refractivity contribution in [2.45, 2.75) is 43.7 Å². The number of hydrogen-bond donors (Lipinski definition) is 0. The number of hydrogen-bond acceptors (Lipinski definition) is 3. The fourth-order valence-corrected chi connectivity index (χ4v) is 5.24. The quantitative estimate of drug-likeness (QED) is 0.773. The zero-order valence-electron chi connectivity index (χ0n) is 15.1. The van der Waals surface area contributed by atoms with E-state index in [9.17, 15) is 4.79 Å². The molecular formula is C21H28N2O2. The van der Waals surface area contributed by atoms with Gasteiger partial charge in [0.1, 0.15) is 5.75 Å². The van der Waals surface area contributed by atoms with Crippen molar-refractivity contribution in [3.05, 3.63) is 42.5 Å². The molecule has 0 unspecified atom stereocenters. The Morgan fingerprint density at radius 1 is 1.32 bits per heavy atom. The van der Waals surface area contributed by atoms with Crippen molar-refractivity contribution >= 4 is 5.91 Å². The van der Waals surface area contributed by atoms with E-state index in [1.54, 1.807) is 7.11 Å². The van der Waals surface area contributed by atoms with Crippen molar-refractivity contribution in [2.24, 2.45) is 5.92 Å². The van der Waals surface area contributed by atoms with Gasteiger partial charge in [-0.15, -0.1) is 6.58 Å². The van der Waals surface area contributed by atoms with Gasteiger partial charge in [-0.2, -0.15) is 0 Å². The van der Waals surface area contributed by atoms with Crippen LogP contribution in [-0.4, -0.2) is 54.5 Å². The van der Waals surface area contributed by atoms with Gasteiger partial charge in [0.2, 0.25) is 5.91 Å². The Morgan fingerprint density at radius 2 is 2.12 bits per heavy atom. The van der Waals surface area contributed by atoms with Crippen LogP contribution in [0.25, 0.3) is 0 Å². The molecule has 0 aromatic heterocycles. The lowest BCUT2D eigenvalue weighted by molar-refractivity contribution is -0.135. The Hall–Kier alpha value is -1.81. The van der Waals surface area contributed by atoms with E-state index in [0.29, 0.717) is 36.2 Å². The normalized spacial score (nSPS) is 33.2. The molecule has 3 atom stereocenters. The predicted octanol–water partition coefficient (Wildman–Crippen LogP) is 3.05. The van der Waals surface area contributed by atoms with E-state index in [1.165, 1.54) is 31.5 Å². The Balaban J connectivity index is 1.65. The highest BCUT2D eigenvalue weighted by atomic mass is 16.5. The lowest BCUT2D eigenvalue weighted by Crippen LogP contribution is -2.60. The average molecular weight is 340 g/mol. The van der Waals surface area contributed by atoms with Crippen LogP contribution < -0.4 is 4.74 Å². The molecule has 4 aliphatic heterocycles. The number of piperidine rings is 3. The van der Waals surface area contributed by atoms with Crippen molar-refractivity contribution in [3.8, 4) is 5.75 Å². The van der Waals surface area contributed by atoms with Gasteiger partial charge in [-0.1, -0.05) is 18.2 Å². The summed E-state index contributed by atoms with van der Waals surface area (Å²) in [5, 5.41) is 0. The summed E-state index contributed by atoms with van der Waals surface area (Å²) < 4.78 is 5.43. The minimum Gasteiger partial charge on any atom is -0.497 e. The van der Waals surface area contributed by atoms with E-state index in [4.69, 9.17) is 4.74 Å². The molecule has 134 valence electrons. The van der Waals surface area contributed by atoms with Crippen molar-refractivity contribution < 1.29 is 9.53 Å². The molecule has 1 aromatic rings. The molecule has 25 heavy (non-hydrogen) atoms. The monoisotopic (exact) mass is 340 g/mol. The molecule has 0 spiro atoms. The molecule has 0 radical (unpaired) electrons. The second kappa shape index (κ2) is 6.83. The predicted molar refractivity (Wildman–Crippen MR) is 98.8 cm³/mol. The first kappa shape index (κ1) is 16.6. The highest BCUT2D eigenvalue weighted by Gasteiger charge is 2.54. The van der Waals surface area contributed by atoms with E-state index >= 15 is 0 Å². The van der Waals surface area contributed by atoms with E-state index in [2.05, 4.69) is 34.6 Å². The Bertz CT molecular complexity index is 651. The van der Waals surface area contributed by atoms with Crippen LogP contribution >= 0.6 is 0 Å². The van der Waals surface area contributed by atoms with Crippen LogP contribution in [0.4, 0.5) is 0 Å². The Labute approximate surface area is 150 Å². The second-order valence-electron chi connectivity index (χ2n) is 7.61. The third-order valence-electron chi connectivity index (χ3n) is 6.40. The third kappa shape index (κ3) is 2.86. The average Bonchev–Trinajstić information content (AvgIpc) is 3.10. The van der Waals surface area contributed by atoms with Crippen molar-refractivity contribution in [1.29, 1.82) is 0 Å². The van der Waals surface area contributed by atoms with Gasteiger partial charge < -0.3 is 9.64 Å². The van der Waals surface area contributed by atoms with Crippen LogP contribution in [0.5, 0.6) is 5.75 Å². The molecule has 4 saturated heterocycles.